The van der Waals surface area contributed by atoms with Gasteiger partial charge in [-0.15, -0.1) is 0 Å². The molecule has 0 saturated heterocycles. The molecule has 1 N–H and O–H groups in total. The van der Waals surface area contributed by atoms with Crippen LogP contribution in [0.1, 0.15) is 46.5 Å². The van der Waals surface area contributed by atoms with E-state index in [0.717, 1.165) is 24.5 Å². The normalized spacial score (nSPS) is 33.6. The zero-order valence-corrected chi connectivity index (χ0v) is 11.4. The fraction of sp³-hybridized carbons (Fsp3) is 1.00. The summed E-state index contributed by atoms with van der Waals surface area (Å²) in [6.07, 6.45) is 5.65. The Balaban J connectivity index is 1.92. The van der Waals surface area contributed by atoms with Crippen LogP contribution < -0.4 is 5.32 Å². The van der Waals surface area contributed by atoms with Crippen molar-refractivity contribution in [2.75, 3.05) is 20.1 Å². The molecule has 94 valence electrons. The Morgan fingerprint density at radius 1 is 1.25 bits per heavy atom. The summed E-state index contributed by atoms with van der Waals surface area (Å²) in [5.74, 6) is 0.862. The SMILES string of the molecule is CCNC1C(CN(C)C2CC2)CCC1(C)C. The van der Waals surface area contributed by atoms with Crippen LogP contribution >= 0.6 is 0 Å². The van der Waals surface area contributed by atoms with Gasteiger partial charge in [-0.3, -0.25) is 0 Å². The fourth-order valence-corrected chi connectivity index (χ4v) is 3.41. The lowest BCUT2D eigenvalue weighted by Crippen LogP contribution is -2.45. The van der Waals surface area contributed by atoms with E-state index < -0.39 is 0 Å². The Labute approximate surface area is 101 Å². The number of nitrogens with zero attached hydrogens (tertiary/aromatic N) is 1. The highest BCUT2D eigenvalue weighted by atomic mass is 15.2. The van der Waals surface area contributed by atoms with Crippen LogP contribution in [-0.4, -0.2) is 37.1 Å². The predicted octanol–water partition coefficient (Wildman–Crippen LogP) is 2.49. The Hall–Kier alpha value is -0.0800. The van der Waals surface area contributed by atoms with Crippen molar-refractivity contribution in [3.05, 3.63) is 0 Å². The average Bonchev–Trinajstić information content (AvgIpc) is 3.00. The largest absolute Gasteiger partial charge is 0.313 e. The van der Waals surface area contributed by atoms with Crippen molar-refractivity contribution in [1.29, 1.82) is 0 Å². The highest BCUT2D eigenvalue weighted by Gasteiger charge is 2.42. The first-order valence-corrected chi connectivity index (χ1v) is 6.98. The number of nitrogens with one attached hydrogen (secondary N) is 1. The van der Waals surface area contributed by atoms with Gasteiger partial charge in [-0.1, -0.05) is 20.8 Å². The molecule has 2 aliphatic carbocycles. The van der Waals surface area contributed by atoms with Crippen molar-refractivity contribution in [3.8, 4) is 0 Å². The summed E-state index contributed by atoms with van der Waals surface area (Å²) >= 11 is 0. The minimum absolute atomic E-state index is 0.491. The summed E-state index contributed by atoms with van der Waals surface area (Å²) in [6, 6.07) is 1.63. The summed E-state index contributed by atoms with van der Waals surface area (Å²) in [4.78, 5) is 2.59. The van der Waals surface area contributed by atoms with Crippen LogP contribution in [0.2, 0.25) is 0 Å². The van der Waals surface area contributed by atoms with Crippen LogP contribution in [0.4, 0.5) is 0 Å². The van der Waals surface area contributed by atoms with Crippen molar-refractivity contribution in [2.24, 2.45) is 11.3 Å². The summed E-state index contributed by atoms with van der Waals surface area (Å²) in [6.45, 7) is 9.49. The molecule has 0 spiro atoms. The average molecular weight is 224 g/mol. The van der Waals surface area contributed by atoms with Crippen molar-refractivity contribution < 1.29 is 0 Å². The molecular weight excluding hydrogens is 196 g/mol. The second-order valence-corrected chi connectivity index (χ2v) is 6.49. The van der Waals surface area contributed by atoms with E-state index in [0.29, 0.717) is 5.41 Å². The maximum absolute atomic E-state index is 3.72. The molecule has 2 fully saturated rings. The Kier molecular flexibility index (Phi) is 3.60. The lowest BCUT2D eigenvalue weighted by molar-refractivity contribution is 0.201. The van der Waals surface area contributed by atoms with Gasteiger partial charge in [0.2, 0.25) is 0 Å². The van der Waals surface area contributed by atoms with E-state index in [1.165, 1.54) is 32.2 Å². The second kappa shape index (κ2) is 4.66. The Bertz CT molecular complexity index is 233. The standard InChI is InChI=1S/C14H28N2/c1-5-15-13-11(8-9-14(13,2)3)10-16(4)12-6-7-12/h11-13,15H,5-10H2,1-4H3. The zero-order chi connectivity index (χ0) is 11.8. The maximum atomic E-state index is 3.72. The maximum Gasteiger partial charge on any atom is 0.0159 e. The van der Waals surface area contributed by atoms with Crippen LogP contribution in [-0.2, 0) is 0 Å². The molecule has 0 aliphatic heterocycles. The molecule has 2 saturated carbocycles. The monoisotopic (exact) mass is 224 g/mol. The van der Waals surface area contributed by atoms with E-state index in [2.05, 4.69) is 38.0 Å². The van der Waals surface area contributed by atoms with Gasteiger partial charge in [0, 0.05) is 18.6 Å². The number of rotatable bonds is 5. The lowest BCUT2D eigenvalue weighted by atomic mass is 9.84. The molecule has 0 amide bonds. The van der Waals surface area contributed by atoms with Gasteiger partial charge in [0.25, 0.3) is 0 Å². The molecule has 2 heteroatoms. The first kappa shape index (κ1) is 12.4. The van der Waals surface area contributed by atoms with Gasteiger partial charge in [-0.25, -0.2) is 0 Å². The van der Waals surface area contributed by atoms with Gasteiger partial charge in [0.05, 0.1) is 0 Å². The smallest absolute Gasteiger partial charge is 0.0159 e. The van der Waals surface area contributed by atoms with Crippen molar-refractivity contribution >= 4 is 0 Å². The Morgan fingerprint density at radius 3 is 2.50 bits per heavy atom. The topological polar surface area (TPSA) is 15.3 Å². The minimum Gasteiger partial charge on any atom is -0.313 e. The summed E-state index contributed by atoms with van der Waals surface area (Å²) in [5, 5.41) is 3.72. The van der Waals surface area contributed by atoms with E-state index in [-0.39, 0.29) is 0 Å². The van der Waals surface area contributed by atoms with E-state index in [9.17, 15) is 0 Å². The summed E-state index contributed by atoms with van der Waals surface area (Å²) in [7, 11) is 2.31. The molecule has 0 aromatic carbocycles. The van der Waals surface area contributed by atoms with Gasteiger partial charge in [-0.05, 0) is 50.6 Å². The molecule has 2 atom stereocenters. The summed E-state index contributed by atoms with van der Waals surface area (Å²) < 4.78 is 0. The van der Waals surface area contributed by atoms with E-state index in [1.807, 2.05) is 0 Å². The van der Waals surface area contributed by atoms with Gasteiger partial charge >= 0.3 is 0 Å². The first-order chi connectivity index (χ1) is 7.54. The number of hydrogen-bond donors (Lipinski definition) is 1. The van der Waals surface area contributed by atoms with E-state index in [4.69, 9.17) is 0 Å². The minimum atomic E-state index is 0.491. The second-order valence-electron chi connectivity index (χ2n) is 6.49. The molecular formula is C14H28N2. The summed E-state index contributed by atoms with van der Waals surface area (Å²) in [5.41, 5.74) is 0.491. The van der Waals surface area contributed by atoms with Gasteiger partial charge in [-0.2, -0.15) is 0 Å². The molecule has 2 aliphatic rings. The molecule has 0 aromatic rings. The fourth-order valence-electron chi connectivity index (χ4n) is 3.41. The van der Waals surface area contributed by atoms with Crippen LogP contribution in [0, 0.1) is 11.3 Å². The zero-order valence-electron chi connectivity index (χ0n) is 11.4. The highest BCUT2D eigenvalue weighted by Crippen LogP contribution is 2.42. The molecule has 16 heavy (non-hydrogen) atoms. The molecule has 0 bridgehead atoms. The van der Waals surface area contributed by atoms with Crippen molar-refractivity contribution in [1.82, 2.24) is 10.2 Å². The predicted molar refractivity (Wildman–Crippen MR) is 69.6 cm³/mol. The van der Waals surface area contributed by atoms with Crippen LogP contribution in [0.25, 0.3) is 0 Å². The third-order valence-electron chi connectivity index (χ3n) is 4.59. The van der Waals surface area contributed by atoms with Crippen molar-refractivity contribution in [2.45, 2.75) is 58.5 Å². The molecule has 0 aromatic heterocycles. The third-order valence-corrected chi connectivity index (χ3v) is 4.59. The molecule has 0 heterocycles. The molecule has 2 rings (SSSR count). The third kappa shape index (κ3) is 2.60. The van der Waals surface area contributed by atoms with Gasteiger partial charge in [0.15, 0.2) is 0 Å². The molecule has 0 radical (unpaired) electrons. The van der Waals surface area contributed by atoms with Gasteiger partial charge in [0.1, 0.15) is 0 Å². The van der Waals surface area contributed by atoms with Crippen LogP contribution in [0.3, 0.4) is 0 Å². The van der Waals surface area contributed by atoms with Gasteiger partial charge < -0.3 is 10.2 Å². The van der Waals surface area contributed by atoms with Crippen LogP contribution in [0.15, 0.2) is 0 Å². The Morgan fingerprint density at radius 2 is 1.94 bits per heavy atom. The highest BCUT2D eigenvalue weighted by molar-refractivity contribution is 4.98. The lowest BCUT2D eigenvalue weighted by Gasteiger charge is -2.33. The van der Waals surface area contributed by atoms with E-state index in [1.54, 1.807) is 0 Å². The van der Waals surface area contributed by atoms with Crippen molar-refractivity contribution in [3.63, 3.8) is 0 Å². The van der Waals surface area contributed by atoms with E-state index >= 15 is 0 Å². The van der Waals surface area contributed by atoms with Crippen LogP contribution in [0.5, 0.6) is 0 Å². The molecule has 2 unspecified atom stereocenters. The number of hydrogen-bond acceptors (Lipinski definition) is 2. The molecule has 2 nitrogen and oxygen atoms in total. The first-order valence-electron chi connectivity index (χ1n) is 6.98. The quantitative estimate of drug-likeness (QED) is 0.772.